The van der Waals surface area contributed by atoms with Crippen LogP contribution in [0.25, 0.3) is 0 Å². The van der Waals surface area contributed by atoms with E-state index in [1.165, 1.54) is 24.3 Å². The van der Waals surface area contributed by atoms with E-state index >= 15 is 0 Å². The van der Waals surface area contributed by atoms with Crippen LogP contribution in [0.5, 0.6) is 17.2 Å². The van der Waals surface area contributed by atoms with Crippen LogP contribution in [0.2, 0.25) is 5.02 Å². The van der Waals surface area contributed by atoms with Crippen molar-refractivity contribution in [3.63, 3.8) is 0 Å². The molecule has 0 aliphatic carbocycles. The first-order valence-corrected chi connectivity index (χ1v) is 10.3. The minimum Gasteiger partial charge on any atom is -0.453 e. The molecule has 0 N–H and O–H groups in total. The molecular formula is C24H19ClF3NO3. The minimum absolute atomic E-state index is 0.0412. The Morgan fingerprint density at radius 3 is 2.34 bits per heavy atom. The SMILES string of the molecule is Cc1ccc(N2CC(c3ccc(Cl)cc3Oc3ccccc3OC(F)(F)F)CC2=O)cc1. The van der Waals surface area contributed by atoms with Crippen molar-refractivity contribution < 1.29 is 27.4 Å². The molecule has 8 heteroatoms. The average Bonchev–Trinajstić information content (AvgIpc) is 3.10. The van der Waals surface area contributed by atoms with Gasteiger partial charge in [0.15, 0.2) is 11.5 Å². The Hall–Kier alpha value is -3.19. The van der Waals surface area contributed by atoms with Crippen molar-refractivity contribution in [2.24, 2.45) is 0 Å². The third-order valence-corrected chi connectivity index (χ3v) is 5.42. The summed E-state index contributed by atoms with van der Waals surface area (Å²) in [6, 6.07) is 18.1. The number of amides is 1. The summed E-state index contributed by atoms with van der Waals surface area (Å²) in [5.41, 5.74) is 2.56. The number of hydrogen-bond acceptors (Lipinski definition) is 3. The Balaban J connectivity index is 1.63. The van der Waals surface area contributed by atoms with Crippen molar-refractivity contribution in [1.29, 1.82) is 0 Å². The number of rotatable bonds is 5. The molecule has 1 aliphatic heterocycles. The van der Waals surface area contributed by atoms with Crippen LogP contribution in [0.1, 0.15) is 23.5 Å². The lowest BCUT2D eigenvalue weighted by Gasteiger charge is -2.20. The number of anilines is 1. The number of ether oxygens (including phenoxy) is 2. The second kappa shape index (κ2) is 8.74. The zero-order chi connectivity index (χ0) is 22.9. The molecule has 0 aromatic heterocycles. The number of hydrogen-bond donors (Lipinski definition) is 0. The van der Waals surface area contributed by atoms with E-state index in [1.54, 1.807) is 23.1 Å². The van der Waals surface area contributed by atoms with Gasteiger partial charge in [-0.05, 0) is 43.3 Å². The van der Waals surface area contributed by atoms with E-state index in [0.29, 0.717) is 17.1 Å². The molecular weight excluding hydrogens is 443 g/mol. The van der Waals surface area contributed by atoms with E-state index < -0.39 is 12.1 Å². The van der Waals surface area contributed by atoms with Gasteiger partial charge in [0.05, 0.1) is 0 Å². The molecule has 166 valence electrons. The first-order chi connectivity index (χ1) is 15.2. The summed E-state index contributed by atoms with van der Waals surface area (Å²) in [6.07, 6.45) is -4.62. The highest BCUT2D eigenvalue weighted by Gasteiger charge is 2.35. The third-order valence-electron chi connectivity index (χ3n) is 5.18. The number of nitrogens with zero attached hydrogens (tertiary/aromatic N) is 1. The van der Waals surface area contributed by atoms with Gasteiger partial charge in [-0.15, -0.1) is 13.2 Å². The second-order valence-corrected chi connectivity index (χ2v) is 7.96. The monoisotopic (exact) mass is 461 g/mol. The molecule has 1 aliphatic rings. The molecule has 1 saturated heterocycles. The molecule has 1 amide bonds. The first kappa shape index (κ1) is 22.0. The Morgan fingerprint density at radius 2 is 1.66 bits per heavy atom. The number of carbonyl (C=O) groups is 1. The maximum absolute atomic E-state index is 12.8. The Bertz CT molecular complexity index is 1130. The maximum atomic E-state index is 12.8. The maximum Gasteiger partial charge on any atom is 0.573 e. The normalized spacial score (nSPS) is 16.3. The van der Waals surface area contributed by atoms with E-state index in [1.807, 2.05) is 31.2 Å². The van der Waals surface area contributed by atoms with Crippen LogP contribution in [-0.2, 0) is 4.79 Å². The molecule has 0 saturated carbocycles. The molecule has 4 nitrogen and oxygen atoms in total. The lowest BCUT2D eigenvalue weighted by atomic mass is 9.97. The number of benzene rings is 3. The summed E-state index contributed by atoms with van der Waals surface area (Å²) < 4.78 is 48.3. The van der Waals surface area contributed by atoms with E-state index in [-0.39, 0.29) is 29.7 Å². The summed E-state index contributed by atoms with van der Waals surface area (Å²) >= 11 is 6.14. The van der Waals surface area contributed by atoms with Crippen LogP contribution in [0.4, 0.5) is 18.9 Å². The highest BCUT2D eigenvalue weighted by Crippen LogP contribution is 2.41. The summed E-state index contributed by atoms with van der Waals surface area (Å²) in [5, 5.41) is 0.359. The minimum atomic E-state index is -4.86. The van der Waals surface area contributed by atoms with Gasteiger partial charge < -0.3 is 14.4 Å². The van der Waals surface area contributed by atoms with Crippen LogP contribution < -0.4 is 14.4 Å². The van der Waals surface area contributed by atoms with Crippen molar-refractivity contribution in [1.82, 2.24) is 0 Å². The second-order valence-electron chi connectivity index (χ2n) is 7.52. The summed E-state index contributed by atoms with van der Waals surface area (Å²) in [6.45, 7) is 2.39. The van der Waals surface area contributed by atoms with Crippen LogP contribution in [0, 0.1) is 6.92 Å². The van der Waals surface area contributed by atoms with E-state index in [4.69, 9.17) is 16.3 Å². The van der Waals surface area contributed by atoms with Gasteiger partial charge in [0.2, 0.25) is 5.91 Å². The zero-order valence-electron chi connectivity index (χ0n) is 17.0. The highest BCUT2D eigenvalue weighted by atomic mass is 35.5. The van der Waals surface area contributed by atoms with Gasteiger partial charge in [-0.2, -0.15) is 0 Å². The third kappa shape index (κ3) is 4.99. The van der Waals surface area contributed by atoms with Crippen LogP contribution in [0.15, 0.2) is 66.7 Å². The zero-order valence-corrected chi connectivity index (χ0v) is 17.8. The number of halogens is 4. The average molecular weight is 462 g/mol. The molecule has 4 rings (SSSR count). The van der Waals surface area contributed by atoms with Crippen molar-refractivity contribution in [2.45, 2.75) is 25.6 Å². The predicted octanol–water partition coefficient (Wildman–Crippen LogP) is 6.86. The summed E-state index contributed by atoms with van der Waals surface area (Å²) in [4.78, 5) is 14.4. The number of aryl methyl sites for hydroxylation is 1. The predicted molar refractivity (Wildman–Crippen MR) is 116 cm³/mol. The Kier molecular flexibility index (Phi) is 6.02. The molecule has 3 aromatic carbocycles. The lowest BCUT2D eigenvalue weighted by molar-refractivity contribution is -0.275. The van der Waals surface area contributed by atoms with Gasteiger partial charge in [-0.25, -0.2) is 0 Å². The highest BCUT2D eigenvalue weighted by molar-refractivity contribution is 6.30. The molecule has 1 heterocycles. The smallest absolute Gasteiger partial charge is 0.453 e. The first-order valence-electron chi connectivity index (χ1n) is 9.89. The van der Waals surface area contributed by atoms with Crippen molar-refractivity contribution in [2.75, 3.05) is 11.4 Å². The molecule has 0 radical (unpaired) electrons. The number of carbonyl (C=O) groups excluding carboxylic acids is 1. The lowest BCUT2D eigenvalue weighted by Crippen LogP contribution is -2.24. The molecule has 1 fully saturated rings. The molecule has 1 atom stereocenters. The number of para-hydroxylation sites is 2. The number of alkyl halides is 3. The van der Waals surface area contributed by atoms with Gasteiger partial charge >= 0.3 is 6.36 Å². The molecule has 3 aromatic rings. The van der Waals surface area contributed by atoms with Crippen molar-refractivity contribution in [3.05, 3.63) is 82.9 Å². The Labute approximate surface area is 188 Å². The van der Waals surface area contributed by atoms with E-state index in [9.17, 15) is 18.0 Å². The van der Waals surface area contributed by atoms with Gasteiger partial charge in [0, 0.05) is 35.2 Å². The molecule has 1 unspecified atom stereocenters. The largest absolute Gasteiger partial charge is 0.573 e. The summed E-state index contributed by atoms with van der Waals surface area (Å²) in [7, 11) is 0. The topological polar surface area (TPSA) is 38.8 Å². The molecule has 32 heavy (non-hydrogen) atoms. The van der Waals surface area contributed by atoms with Gasteiger partial charge in [-0.1, -0.05) is 47.5 Å². The fraction of sp³-hybridized carbons (Fsp3) is 0.208. The quantitative estimate of drug-likeness (QED) is 0.416. The fourth-order valence-corrected chi connectivity index (χ4v) is 3.85. The van der Waals surface area contributed by atoms with Gasteiger partial charge in [0.25, 0.3) is 0 Å². The molecule has 0 bridgehead atoms. The Morgan fingerprint density at radius 1 is 0.969 bits per heavy atom. The van der Waals surface area contributed by atoms with Crippen LogP contribution in [-0.4, -0.2) is 18.8 Å². The fourth-order valence-electron chi connectivity index (χ4n) is 3.69. The van der Waals surface area contributed by atoms with E-state index in [0.717, 1.165) is 11.3 Å². The molecule has 0 spiro atoms. The van der Waals surface area contributed by atoms with E-state index in [2.05, 4.69) is 4.74 Å². The summed E-state index contributed by atoms with van der Waals surface area (Å²) in [5.74, 6) is -0.547. The standard InChI is InChI=1S/C24H19ClF3NO3/c1-15-6-9-18(10-7-15)29-14-16(12-23(29)30)19-11-8-17(25)13-22(19)31-20-4-2-3-5-21(20)32-24(26,27)28/h2-11,13,16H,12,14H2,1H3. The van der Waals surface area contributed by atoms with Crippen LogP contribution in [0.3, 0.4) is 0 Å². The van der Waals surface area contributed by atoms with Gasteiger partial charge in [-0.3, -0.25) is 4.79 Å². The van der Waals surface area contributed by atoms with Crippen LogP contribution >= 0.6 is 11.6 Å². The van der Waals surface area contributed by atoms with Crippen molar-refractivity contribution in [3.8, 4) is 17.2 Å². The van der Waals surface area contributed by atoms with Crippen molar-refractivity contribution >= 4 is 23.2 Å². The van der Waals surface area contributed by atoms with Gasteiger partial charge in [0.1, 0.15) is 5.75 Å².